The summed E-state index contributed by atoms with van der Waals surface area (Å²) in [6, 6.07) is 0. The Kier molecular flexibility index (Phi) is 3.81. The van der Waals surface area contributed by atoms with Crippen LogP contribution < -0.4 is 16.6 Å². The summed E-state index contributed by atoms with van der Waals surface area (Å²) in [6.45, 7) is 1.45. The minimum Gasteiger partial charge on any atom is -0.481 e. The van der Waals surface area contributed by atoms with Gasteiger partial charge in [0.15, 0.2) is 0 Å². The van der Waals surface area contributed by atoms with Crippen molar-refractivity contribution in [3.63, 3.8) is 0 Å². The van der Waals surface area contributed by atoms with E-state index in [4.69, 9.17) is 5.11 Å². The van der Waals surface area contributed by atoms with Crippen LogP contribution in [0.25, 0.3) is 0 Å². The van der Waals surface area contributed by atoms with Crippen molar-refractivity contribution >= 4 is 17.6 Å². The third-order valence-corrected chi connectivity index (χ3v) is 1.96. The van der Waals surface area contributed by atoms with Gasteiger partial charge >= 0.3 is 11.7 Å². The van der Waals surface area contributed by atoms with Crippen molar-refractivity contribution < 1.29 is 14.7 Å². The summed E-state index contributed by atoms with van der Waals surface area (Å²) in [6.07, 6.45) is -0.570. The highest BCUT2D eigenvalue weighted by molar-refractivity contribution is 5.92. The van der Waals surface area contributed by atoms with Crippen LogP contribution in [0.3, 0.4) is 0 Å². The Morgan fingerprint density at radius 2 is 1.88 bits per heavy atom. The van der Waals surface area contributed by atoms with Crippen molar-refractivity contribution in [1.29, 1.82) is 0 Å². The van der Waals surface area contributed by atoms with Crippen molar-refractivity contribution in [1.82, 2.24) is 9.97 Å². The molecule has 0 aliphatic heterocycles. The van der Waals surface area contributed by atoms with Crippen molar-refractivity contribution in [2.45, 2.75) is 19.8 Å². The monoisotopic (exact) mass is 241 g/mol. The number of aromatic amines is 2. The molecule has 0 spiro atoms. The lowest BCUT2D eigenvalue weighted by Crippen LogP contribution is -2.28. The highest BCUT2D eigenvalue weighted by Gasteiger charge is 2.10. The quantitative estimate of drug-likeness (QED) is 0.546. The highest BCUT2D eigenvalue weighted by Crippen LogP contribution is 2.03. The van der Waals surface area contributed by atoms with E-state index >= 15 is 0 Å². The Labute approximate surface area is 94.7 Å². The normalized spacial score (nSPS) is 9.94. The maximum atomic E-state index is 11.3. The lowest BCUT2D eigenvalue weighted by molar-refractivity contribution is -0.138. The molecule has 0 aromatic carbocycles. The SMILES string of the molecule is Cc1[nH]c(=O)[nH]c(=O)c1NC(=O)CCC(=O)O. The number of aromatic nitrogens is 2. The fourth-order valence-electron chi connectivity index (χ4n) is 1.17. The van der Waals surface area contributed by atoms with Gasteiger partial charge in [-0.05, 0) is 6.92 Å². The van der Waals surface area contributed by atoms with Gasteiger partial charge in [0.05, 0.1) is 6.42 Å². The van der Waals surface area contributed by atoms with Crippen LogP contribution >= 0.6 is 0 Å². The Morgan fingerprint density at radius 3 is 2.41 bits per heavy atom. The second kappa shape index (κ2) is 5.10. The molecule has 0 aliphatic rings. The molecule has 0 aliphatic carbocycles. The van der Waals surface area contributed by atoms with Gasteiger partial charge in [-0.2, -0.15) is 0 Å². The third kappa shape index (κ3) is 3.59. The first kappa shape index (κ1) is 12.7. The van der Waals surface area contributed by atoms with Crippen LogP contribution in [0.15, 0.2) is 9.59 Å². The molecule has 8 heteroatoms. The van der Waals surface area contributed by atoms with Crippen LogP contribution in [0.1, 0.15) is 18.5 Å². The molecule has 0 saturated carbocycles. The lowest BCUT2D eigenvalue weighted by Gasteiger charge is -2.05. The number of carbonyl (C=O) groups excluding carboxylic acids is 1. The topological polar surface area (TPSA) is 132 Å². The molecule has 1 aromatic heterocycles. The first-order valence-electron chi connectivity index (χ1n) is 4.75. The Bertz CT molecular complexity index is 556. The molecule has 0 atom stereocenters. The fourth-order valence-corrected chi connectivity index (χ4v) is 1.17. The van der Waals surface area contributed by atoms with Crippen molar-refractivity contribution in [3.05, 3.63) is 26.5 Å². The molecule has 1 aromatic rings. The Morgan fingerprint density at radius 1 is 1.24 bits per heavy atom. The van der Waals surface area contributed by atoms with Crippen LogP contribution in [0, 0.1) is 6.92 Å². The molecular formula is C9H11N3O5. The number of nitrogens with one attached hydrogen (secondary N) is 3. The summed E-state index contributed by atoms with van der Waals surface area (Å²) in [5, 5.41) is 10.6. The van der Waals surface area contributed by atoms with Gasteiger partial charge in [0.1, 0.15) is 5.69 Å². The van der Waals surface area contributed by atoms with Crippen molar-refractivity contribution in [3.8, 4) is 0 Å². The smallest absolute Gasteiger partial charge is 0.326 e. The van der Waals surface area contributed by atoms with E-state index in [1.54, 1.807) is 0 Å². The van der Waals surface area contributed by atoms with Crippen LogP contribution in [0.4, 0.5) is 5.69 Å². The number of hydrogen-bond acceptors (Lipinski definition) is 4. The summed E-state index contributed by atoms with van der Waals surface area (Å²) in [4.78, 5) is 48.0. The molecule has 0 unspecified atom stereocenters. The summed E-state index contributed by atoms with van der Waals surface area (Å²) in [5.74, 6) is -1.71. The first-order chi connectivity index (χ1) is 7.90. The van der Waals surface area contributed by atoms with Gasteiger partial charge < -0.3 is 15.4 Å². The Hall–Kier alpha value is -2.38. The standard InChI is InChI=1S/C9H11N3O5/c1-4-7(8(16)12-9(17)10-4)11-5(13)2-3-6(14)15/h2-3H2,1H3,(H,11,13)(H,14,15)(H2,10,12,16,17). The van der Waals surface area contributed by atoms with E-state index in [2.05, 4.69) is 10.3 Å². The molecule has 4 N–H and O–H groups in total. The van der Waals surface area contributed by atoms with Crippen LogP contribution in [0.2, 0.25) is 0 Å². The average molecular weight is 241 g/mol. The number of aryl methyl sites for hydroxylation is 1. The molecule has 1 amide bonds. The predicted molar refractivity (Wildman–Crippen MR) is 57.9 cm³/mol. The maximum absolute atomic E-state index is 11.3. The van der Waals surface area contributed by atoms with E-state index in [9.17, 15) is 19.2 Å². The third-order valence-electron chi connectivity index (χ3n) is 1.96. The minimum absolute atomic E-state index is 0.0833. The summed E-state index contributed by atoms with van der Waals surface area (Å²) in [7, 11) is 0. The molecule has 0 radical (unpaired) electrons. The van der Waals surface area contributed by atoms with E-state index in [1.807, 2.05) is 4.98 Å². The second-order valence-electron chi connectivity index (χ2n) is 3.35. The number of rotatable bonds is 4. The first-order valence-corrected chi connectivity index (χ1v) is 4.75. The van der Waals surface area contributed by atoms with Crippen molar-refractivity contribution in [2.24, 2.45) is 0 Å². The van der Waals surface area contributed by atoms with E-state index in [1.165, 1.54) is 6.92 Å². The number of carbonyl (C=O) groups is 2. The fraction of sp³-hybridized carbons (Fsp3) is 0.333. The summed E-state index contributed by atoms with van der Waals surface area (Å²) in [5.41, 5.74) is -1.27. The number of H-pyrrole nitrogens is 2. The largest absolute Gasteiger partial charge is 0.481 e. The molecular weight excluding hydrogens is 230 g/mol. The summed E-state index contributed by atoms with van der Waals surface area (Å²) < 4.78 is 0. The number of hydrogen-bond donors (Lipinski definition) is 4. The molecule has 0 bridgehead atoms. The molecule has 1 rings (SSSR count). The number of carboxylic acid groups (broad SMARTS) is 1. The zero-order chi connectivity index (χ0) is 13.0. The second-order valence-corrected chi connectivity index (χ2v) is 3.35. The maximum Gasteiger partial charge on any atom is 0.326 e. The van der Waals surface area contributed by atoms with Gasteiger partial charge in [-0.1, -0.05) is 0 Å². The van der Waals surface area contributed by atoms with E-state index in [0.717, 1.165) is 0 Å². The molecule has 92 valence electrons. The minimum atomic E-state index is -1.10. The number of amides is 1. The molecule has 8 nitrogen and oxygen atoms in total. The molecule has 0 fully saturated rings. The van der Waals surface area contributed by atoms with E-state index < -0.39 is 23.1 Å². The van der Waals surface area contributed by atoms with E-state index in [-0.39, 0.29) is 24.2 Å². The van der Waals surface area contributed by atoms with Gasteiger partial charge in [-0.15, -0.1) is 0 Å². The van der Waals surface area contributed by atoms with Crippen LogP contribution in [0.5, 0.6) is 0 Å². The van der Waals surface area contributed by atoms with Crippen molar-refractivity contribution in [2.75, 3.05) is 5.32 Å². The highest BCUT2D eigenvalue weighted by atomic mass is 16.4. The van der Waals surface area contributed by atoms with Gasteiger partial charge in [0.2, 0.25) is 5.91 Å². The number of carboxylic acids is 1. The van der Waals surface area contributed by atoms with E-state index in [0.29, 0.717) is 0 Å². The van der Waals surface area contributed by atoms with Gasteiger partial charge in [0.25, 0.3) is 5.56 Å². The Balaban J connectivity index is 2.82. The molecule has 17 heavy (non-hydrogen) atoms. The van der Waals surface area contributed by atoms with Crippen LogP contribution in [-0.2, 0) is 9.59 Å². The van der Waals surface area contributed by atoms with Crippen LogP contribution in [-0.4, -0.2) is 27.0 Å². The van der Waals surface area contributed by atoms with Gasteiger partial charge in [-0.3, -0.25) is 19.4 Å². The predicted octanol–water partition coefficient (Wildman–Crippen LogP) is -0.825. The molecule has 0 saturated heterocycles. The lowest BCUT2D eigenvalue weighted by atomic mass is 10.3. The average Bonchev–Trinajstić information content (AvgIpc) is 2.20. The van der Waals surface area contributed by atoms with Gasteiger partial charge in [0, 0.05) is 12.1 Å². The number of aliphatic carboxylic acids is 1. The zero-order valence-electron chi connectivity index (χ0n) is 8.99. The molecule has 1 heterocycles. The zero-order valence-corrected chi connectivity index (χ0v) is 8.99. The number of anilines is 1. The van der Waals surface area contributed by atoms with Gasteiger partial charge in [-0.25, -0.2) is 4.79 Å². The summed E-state index contributed by atoms with van der Waals surface area (Å²) >= 11 is 0.